The second-order valence-electron chi connectivity index (χ2n) is 5.98. The molecule has 2 aromatic carbocycles. The SMILES string of the molecule is COc1ccccc1CCNC(=O)c1nc(COc2ccccc2C(N)=O)no1. The zero-order valence-electron chi connectivity index (χ0n) is 15.8. The summed E-state index contributed by atoms with van der Waals surface area (Å²) in [4.78, 5) is 27.6. The summed E-state index contributed by atoms with van der Waals surface area (Å²) in [5, 5.41) is 6.43. The van der Waals surface area contributed by atoms with Crippen molar-refractivity contribution in [1.82, 2.24) is 15.5 Å². The maximum Gasteiger partial charge on any atom is 0.316 e. The van der Waals surface area contributed by atoms with E-state index in [4.69, 9.17) is 19.7 Å². The number of aromatic nitrogens is 2. The summed E-state index contributed by atoms with van der Waals surface area (Å²) in [6.45, 7) is 0.293. The zero-order chi connectivity index (χ0) is 20.6. The molecule has 3 rings (SSSR count). The molecule has 0 atom stereocenters. The van der Waals surface area contributed by atoms with E-state index >= 15 is 0 Å². The normalized spacial score (nSPS) is 10.4. The third-order valence-electron chi connectivity index (χ3n) is 4.04. The molecular weight excluding hydrogens is 376 g/mol. The van der Waals surface area contributed by atoms with E-state index in [2.05, 4.69) is 15.5 Å². The number of amides is 2. The molecule has 0 unspecified atom stereocenters. The number of nitrogens with two attached hydrogens (primary N) is 1. The smallest absolute Gasteiger partial charge is 0.316 e. The van der Waals surface area contributed by atoms with Crippen LogP contribution in [0.1, 0.15) is 32.4 Å². The van der Waals surface area contributed by atoms with Gasteiger partial charge in [0.1, 0.15) is 11.5 Å². The van der Waals surface area contributed by atoms with Gasteiger partial charge in [0.05, 0.1) is 12.7 Å². The van der Waals surface area contributed by atoms with Gasteiger partial charge < -0.3 is 25.0 Å². The molecule has 1 aromatic heterocycles. The first-order valence-corrected chi connectivity index (χ1v) is 8.82. The van der Waals surface area contributed by atoms with Crippen molar-refractivity contribution in [3.8, 4) is 11.5 Å². The molecule has 0 aliphatic heterocycles. The average molecular weight is 396 g/mol. The topological polar surface area (TPSA) is 130 Å². The van der Waals surface area contributed by atoms with Gasteiger partial charge in [-0.05, 0) is 30.2 Å². The standard InChI is InChI=1S/C20H20N4O5/c1-27-15-8-4-2-6-13(15)10-11-22-19(26)20-23-17(24-29-20)12-28-16-9-5-3-7-14(16)18(21)25/h2-9H,10-12H2,1H3,(H2,21,25)(H,22,26). The van der Waals surface area contributed by atoms with Crippen molar-refractivity contribution in [2.75, 3.05) is 13.7 Å². The number of hydrogen-bond acceptors (Lipinski definition) is 7. The van der Waals surface area contributed by atoms with E-state index in [1.165, 1.54) is 0 Å². The van der Waals surface area contributed by atoms with Crippen molar-refractivity contribution in [2.24, 2.45) is 5.73 Å². The Balaban J connectivity index is 1.53. The molecule has 29 heavy (non-hydrogen) atoms. The summed E-state index contributed by atoms with van der Waals surface area (Å²) in [7, 11) is 1.60. The highest BCUT2D eigenvalue weighted by atomic mass is 16.5. The first-order valence-electron chi connectivity index (χ1n) is 8.82. The Bertz CT molecular complexity index is 1000. The average Bonchev–Trinajstić information content (AvgIpc) is 3.22. The number of rotatable bonds is 9. The third-order valence-corrected chi connectivity index (χ3v) is 4.04. The number of nitrogens with zero attached hydrogens (tertiary/aromatic N) is 2. The van der Waals surface area contributed by atoms with Gasteiger partial charge in [0, 0.05) is 6.54 Å². The van der Waals surface area contributed by atoms with E-state index in [-0.39, 0.29) is 23.9 Å². The van der Waals surface area contributed by atoms with Crippen molar-refractivity contribution < 1.29 is 23.6 Å². The molecule has 2 amide bonds. The molecule has 150 valence electrons. The predicted octanol–water partition coefficient (Wildman–Crippen LogP) is 1.73. The van der Waals surface area contributed by atoms with Crippen molar-refractivity contribution in [3.05, 3.63) is 71.4 Å². The van der Waals surface area contributed by atoms with Crippen LogP contribution in [-0.2, 0) is 13.0 Å². The van der Waals surface area contributed by atoms with E-state index in [1.54, 1.807) is 31.4 Å². The fraction of sp³-hybridized carbons (Fsp3) is 0.200. The van der Waals surface area contributed by atoms with Gasteiger partial charge in [-0.25, -0.2) is 0 Å². The summed E-state index contributed by atoms with van der Waals surface area (Å²) in [6.07, 6.45) is 0.587. The van der Waals surface area contributed by atoms with Crippen LogP contribution in [0.5, 0.6) is 11.5 Å². The Kier molecular flexibility index (Phi) is 6.41. The third kappa shape index (κ3) is 5.10. The molecule has 0 saturated carbocycles. The molecule has 0 fully saturated rings. The van der Waals surface area contributed by atoms with E-state index < -0.39 is 11.8 Å². The van der Waals surface area contributed by atoms with E-state index in [1.807, 2.05) is 24.3 Å². The number of hydrogen-bond donors (Lipinski definition) is 2. The van der Waals surface area contributed by atoms with Crippen LogP contribution in [0.25, 0.3) is 0 Å². The Labute approximate surface area is 166 Å². The fourth-order valence-electron chi connectivity index (χ4n) is 2.64. The lowest BCUT2D eigenvalue weighted by Gasteiger charge is -2.08. The molecule has 0 spiro atoms. The summed E-state index contributed by atoms with van der Waals surface area (Å²) in [5.74, 6) is -0.0474. The van der Waals surface area contributed by atoms with E-state index in [9.17, 15) is 9.59 Å². The number of nitrogens with one attached hydrogen (secondary N) is 1. The largest absolute Gasteiger partial charge is 0.496 e. The van der Waals surface area contributed by atoms with Crippen LogP contribution in [0, 0.1) is 0 Å². The van der Waals surface area contributed by atoms with Crippen LogP contribution >= 0.6 is 0 Å². The molecule has 0 radical (unpaired) electrons. The molecular formula is C20H20N4O5. The summed E-state index contributed by atoms with van der Waals surface area (Å²) < 4.78 is 15.8. The number of ether oxygens (including phenoxy) is 2. The van der Waals surface area contributed by atoms with Gasteiger partial charge in [-0.3, -0.25) is 9.59 Å². The molecule has 3 N–H and O–H groups in total. The maximum absolute atomic E-state index is 12.2. The predicted molar refractivity (Wildman–Crippen MR) is 103 cm³/mol. The highest BCUT2D eigenvalue weighted by Crippen LogP contribution is 2.19. The van der Waals surface area contributed by atoms with Gasteiger partial charge in [-0.15, -0.1) is 0 Å². The molecule has 9 heteroatoms. The maximum atomic E-state index is 12.2. The fourth-order valence-corrected chi connectivity index (χ4v) is 2.64. The number of carbonyl (C=O) groups is 2. The number of benzene rings is 2. The summed E-state index contributed by atoms with van der Waals surface area (Å²) >= 11 is 0. The van der Waals surface area contributed by atoms with Gasteiger partial charge in [-0.1, -0.05) is 35.5 Å². The molecule has 9 nitrogen and oxygen atoms in total. The number of carbonyl (C=O) groups excluding carboxylic acids is 2. The van der Waals surface area contributed by atoms with Gasteiger partial charge in [0.15, 0.2) is 6.61 Å². The minimum atomic E-state index is -0.608. The first-order chi connectivity index (χ1) is 14.1. The Morgan fingerprint density at radius 1 is 1.10 bits per heavy atom. The lowest BCUT2D eigenvalue weighted by molar-refractivity contribution is 0.0909. The van der Waals surface area contributed by atoms with Gasteiger partial charge in [-0.2, -0.15) is 4.98 Å². The molecule has 0 aliphatic rings. The molecule has 0 aliphatic carbocycles. The van der Waals surface area contributed by atoms with Crippen molar-refractivity contribution in [3.63, 3.8) is 0 Å². The minimum absolute atomic E-state index is 0.0811. The first kappa shape index (κ1) is 19.9. The van der Waals surface area contributed by atoms with Crippen molar-refractivity contribution >= 4 is 11.8 Å². The summed E-state index contributed by atoms with van der Waals surface area (Å²) in [5.41, 5.74) is 6.52. The van der Waals surface area contributed by atoms with Crippen LogP contribution < -0.4 is 20.5 Å². The number of para-hydroxylation sites is 2. The molecule has 0 saturated heterocycles. The number of methoxy groups -OCH3 is 1. The zero-order valence-corrected chi connectivity index (χ0v) is 15.8. The highest BCUT2D eigenvalue weighted by molar-refractivity contribution is 5.95. The van der Waals surface area contributed by atoms with Gasteiger partial charge >= 0.3 is 11.8 Å². The van der Waals surface area contributed by atoms with Gasteiger partial charge in [0.25, 0.3) is 5.91 Å². The quantitative estimate of drug-likeness (QED) is 0.563. The second-order valence-corrected chi connectivity index (χ2v) is 5.98. The van der Waals surface area contributed by atoms with Gasteiger partial charge in [0.2, 0.25) is 5.82 Å². The molecule has 3 aromatic rings. The number of primary amides is 1. The Morgan fingerprint density at radius 2 is 1.83 bits per heavy atom. The Morgan fingerprint density at radius 3 is 2.59 bits per heavy atom. The highest BCUT2D eigenvalue weighted by Gasteiger charge is 2.16. The van der Waals surface area contributed by atoms with Crippen LogP contribution in [-0.4, -0.2) is 35.6 Å². The van der Waals surface area contributed by atoms with Crippen LogP contribution in [0.15, 0.2) is 53.1 Å². The molecule has 1 heterocycles. The minimum Gasteiger partial charge on any atom is -0.496 e. The van der Waals surface area contributed by atoms with E-state index in [0.717, 1.165) is 11.3 Å². The van der Waals surface area contributed by atoms with Crippen molar-refractivity contribution in [2.45, 2.75) is 13.0 Å². The lowest BCUT2D eigenvalue weighted by atomic mass is 10.1. The van der Waals surface area contributed by atoms with Crippen LogP contribution in [0.2, 0.25) is 0 Å². The monoisotopic (exact) mass is 396 g/mol. The molecule has 0 bridgehead atoms. The second kappa shape index (κ2) is 9.36. The van der Waals surface area contributed by atoms with E-state index in [0.29, 0.717) is 18.7 Å². The van der Waals surface area contributed by atoms with Crippen molar-refractivity contribution in [1.29, 1.82) is 0 Å². The van der Waals surface area contributed by atoms with Crippen LogP contribution in [0.3, 0.4) is 0 Å². The lowest BCUT2D eigenvalue weighted by Crippen LogP contribution is -2.26. The Hall–Kier alpha value is -3.88. The summed E-state index contributed by atoms with van der Waals surface area (Å²) in [6, 6.07) is 14.1. The van der Waals surface area contributed by atoms with Crippen LogP contribution in [0.4, 0.5) is 0 Å².